The Hall–Kier alpha value is -1.51. The topological polar surface area (TPSA) is 55.1 Å². The van der Waals surface area contributed by atoms with Gasteiger partial charge in [-0.3, -0.25) is 0 Å². The summed E-state index contributed by atoms with van der Waals surface area (Å²) in [5.74, 6) is 0. The van der Waals surface area contributed by atoms with E-state index in [2.05, 4.69) is 133 Å². The summed E-state index contributed by atoms with van der Waals surface area (Å²) >= 11 is 0. The number of carbonyl (C=O) groups excluding carboxylic acids is 1. The normalized spacial score (nSPS) is 11.5. The van der Waals surface area contributed by atoms with Gasteiger partial charge >= 0.3 is 6.03 Å². The fraction of sp³-hybridized carbons (Fsp3) is 0.750. The van der Waals surface area contributed by atoms with E-state index in [1.807, 2.05) is 0 Å². The molecular formula is C28H56N2O. The highest BCUT2D eigenvalue weighted by atomic mass is 16.2. The number of rotatable bonds is 3. The zero-order chi connectivity index (χ0) is 25.5. The molecule has 3 N–H and O–H groups in total. The lowest BCUT2D eigenvalue weighted by Gasteiger charge is -2.18. The largest absolute Gasteiger partial charge is 0.352 e. The summed E-state index contributed by atoms with van der Waals surface area (Å²) in [6.45, 7) is 31.4. The molecule has 0 aliphatic rings. The molecule has 3 heteroatoms. The van der Waals surface area contributed by atoms with E-state index in [-0.39, 0.29) is 0 Å². The van der Waals surface area contributed by atoms with E-state index in [0.717, 1.165) is 12.8 Å². The number of nitrogens with two attached hydrogens (primary N) is 1. The van der Waals surface area contributed by atoms with Crippen LogP contribution in [0.1, 0.15) is 115 Å². The van der Waals surface area contributed by atoms with Gasteiger partial charge in [-0.15, -0.1) is 0 Å². The van der Waals surface area contributed by atoms with Crippen molar-refractivity contribution in [3.05, 3.63) is 35.9 Å². The number of hydrogen-bond acceptors (Lipinski definition) is 1. The summed E-state index contributed by atoms with van der Waals surface area (Å²) < 4.78 is 0. The number of urea groups is 1. The van der Waals surface area contributed by atoms with Crippen LogP contribution in [0.4, 0.5) is 4.79 Å². The van der Waals surface area contributed by atoms with Crippen LogP contribution in [0, 0.1) is 16.2 Å². The Labute approximate surface area is 196 Å². The van der Waals surface area contributed by atoms with E-state index < -0.39 is 6.03 Å². The molecule has 0 atom stereocenters. The molecule has 0 saturated heterocycles. The Morgan fingerprint density at radius 1 is 0.742 bits per heavy atom. The van der Waals surface area contributed by atoms with Gasteiger partial charge in [-0.2, -0.15) is 0 Å². The molecule has 184 valence electrons. The van der Waals surface area contributed by atoms with E-state index in [1.165, 1.54) is 5.56 Å². The molecule has 0 radical (unpaired) electrons. The second-order valence-electron chi connectivity index (χ2n) is 13.6. The molecule has 0 aliphatic carbocycles. The maximum absolute atomic E-state index is 10.2. The molecule has 0 unspecified atom stereocenters. The number of carbonyl (C=O) groups is 1. The highest BCUT2D eigenvalue weighted by molar-refractivity contribution is 5.71. The van der Waals surface area contributed by atoms with Gasteiger partial charge in [0.1, 0.15) is 0 Å². The minimum absolute atomic E-state index is 0.293. The van der Waals surface area contributed by atoms with Crippen molar-refractivity contribution in [2.75, 3.05) is 6.54 Å². The number of amides is 2. The van der Waals surface area contributed by atoms with Crippen molar-refractivity contribution in [2.24, 2.45) is 22.0 Å². The van der Waals surface area contributed by atoms with Crippen molar-refractivity contribution in [1.29, 1.82) is 0 Å². The number of hydrogen-bond donors (Lipinski definition) is 2. The number of primary amides is 1. The second kappa shape index (κ2) is 15.3. The molecule has 1 aromatic rings. The van der Waals surface area contributed by atoms with Crippen molar-refractivity contribution in [2.45, 2.75) is 115 Å². The van der Waals surface area contributed by atoms with Crippen LogP contribution < -0.4 is 11.1 Å². The van der Waals surface area contributed by atoms with Crippen LogP contribution in [0.5, 0.6) is 0 Å². The van der Waals surface area contributed by atoms with Gasteiger partial charge in [0, 0.05) is 6.54 Å². The first kappa shape index (κ1) is 34.1. The molecule has 0 aliphatic heterocycles. The second-order valence-corrected chi connectivity index (χ2v) is 13.6. The first-order chi connectivity index (χ1) is 13.5. The van der Waals surface area contributed by atoms with Gasteiger partial charge in [0.15, 0.2) is 0 Å². The van der Waals surface area contributed by atoms with E-state index in [4.69, 9.17) is 5.73 Å². The van der Waals surface area contributed by atoms with Crippen LogP contribution in [0.3, 0.4) is 0 Å². The van der Waals surface area contributed by atoms with Crippen molar-refractivity contribution in [3.8, 4) is 0 Å². The predicted molar refractivity (Wildman–Crippen MR) is 142 cm³/mol. The van der Waals surface area contributed by atoms with Gasteiger partial charge in [0.05, 0.1) is 0 Å². The lowest BCUT2D eigenvalue weighted by atomic mass is 9.87. The smallest absolute Gasteiger partial charge is 0.312 e. The van der Waals surface area contributed by atoms with Gasteiger partial charge in [-0.25, -0.2) is 4.79 Å². The maximum Gasteiger partial charge on any atom is 0.312 e. The summed E-state index contributed by atoms with van der Waals surface area (Å²) in [7, 11) is 0. The Morgan fingerprint density at radius 2 is 1.10 bits per heavy atom. The van der Waals surface area contributed by atoms with Crippen molar-refractivity contribution in [1.82, 2.24) is 5.32 Å². The SMILES string of the molecule is CC(C)(C)C.CC(C)(C)C.CC(C)(C)CCCNC(N)=O.CC(C)(C)c1ccccc1. The van der Waals surface area contributed by atoms with Crippen LogP contribution in [0.25, 0.3) is 0 Å². The van der Waals surface area contributed by atoms with Gasteiger partial charge in [0.25, 0.3) is 0 Å². The Bertz CT molecular complexity index is 526. The number of nitrogens with one attached hydrogen (secondary N) is 1. The van der Waals surface area contributed by atoms with Gasteiger partial charge in [0.2, 0.25) is 0 Å². The van der Waals surface area contributed by atoms with Crippen LogP contribution >= 0.6 is 0 Å². The Morgan fingerprint density at radius 3 is 1.32 bits per heavy atom. The average Bonchev–Trinajstić information content (AvgIpc) is 2.48. The van der Waals surface area contributed by atoms with E-state index in [0.29, 0.717) is 28.2 Å². The van der Waals surface area contributed by atoms with Crippen molar-refractivity contribution in [3.63, 3.8) is 0 Å². The third-order valence-electron chi connectivity index (χ3n) is 3.04. The Balaban J connectivity index is -0.000000359. The minimum atomic E-state index is -0.432. The minimum Gasteiger partial charge on any atom is -0.352 e. The lowest BCUT2D eigenvalue weighted by Crippen LogP contribution is -2.30. The molecule has 3 nitrogen and oxygen atoms in total. The fourth-order valence-corrected chi connectivity index (χ4v) is 1.77. The van der Waals surface area contributed by atoms with Gasteiger partial charge in [-0.05, 0) is 40.1 Å². The first-order valence-corrected chi connectivity index (χ1v) is 11.6. The summed E-state index contributed by atoms with van der Waals surface area (Å²) in [4.78, 5) is 10.2. The Kier molecular flexibility index (Phi) is 16.9. The van der Waals surface area contributed by atoms with E-state index in [1.54, 1.807) is 0 Å². The third-order valence-corrected chi connectivity index (χ3v) is 3.04. The summed E-state index contributed by atoms with van der Waals surface area (Å²) in [6.07, 6.45) is 2.10. The molecule has 0 saturated carbocycles. The molecule has 0 spiro atoms. The zero-order valence-corrected chi connectivity index (χ0v) is 23.5. The molecule has 0 aromatic heterocycles. The molecular weight excluding hydrogens is 380 g/mol. The molecule has 0 heterocycles. The fourth-order valence-electron chi connectivity index (χ4n) is 1.77. The predicted octanol–water partition coefficient (Wildman–Crippen LogP) is 8.57. The monoisotopic (exact) mass is 436 g/mol. The van der Waals surface area contributed by atoms with Crippen LogP contribution in [-0.4, -0.2) is 12.6 Å². The summed E-state index contributed by atoms with van der Waals surface area (Å²) in [5, 5.41) is 2.56. The molecule has 31 heavy (non-hydrogen) atoms. The highest BCUT2D eigenvalue weighted by Crippen LogP contribution is 2.21. The quantitative estimate of drug-likeness (QED) is 0.458. The summed E-state index contributed by atoms with van der Waals surface area (Å²) in [5.41, 5.74) is 7.93. The van der Waals surface area contributed by atoms with Crippen LogP contribution in [0.2, 0.25) is 0 Å². The number of benzene rings is 1. The molecule has 2 amide bonds. The van der Waals surface area contributed by atoms with Crippen molar-refractivity contribution >= 4 is 6.03 Å². The molecule has 0 bridgehead atoms. The maximum atomic E-state index is 10.2. The van der Waals surface area contributed by atoms with Gasteiger partial charge in [-0.1, -0.05) is 127 Å². The van der Waals surface area contributed by atoms with Crippen molar-refractivity contribution < 1.29 is 4.79 Å². The van der Waals surface area contributed by atoms with Crippen LogP contribution in [-0.2, 0) is 5.41 Å². The lowest BCUT2D eigenvalue weighted by molar-refractivity contribution is 0.248. The molecule has 1 rings (SSSR count). The highest BCUT2D eigenvalue weighted by Gasteiger charge is 2.11. The molecule has 1 aromatic carbocycles. The molecule has 0 fully saturated rings. The zero-order valence-electron chi connectivity index (χ0n) is 23.5. The first-order valence-electron chi connectivity index (χ1n) is 11.6. The van der Waals surface area contributed by atoms with Crippen LogP contribution in [0.15, 0.2) is 30.3 Å². The third kappa shape index (κ3) is 47.6. The summed E-state index contributed by atoms with van der Waals surface area (Å²) in [6, 6.07) is 10.1. The van der Waals surface area contributed by atoms with Gasteiger partial charge < -0.3 is 11.1 Å². The van der Waals surface area contributed by atoms with E-state index in [9.17, 15) is 4.79 Å². The standard InChI is InChI=1S/C10H14.C8H18N2O.2C5H12/c1-10(2,3)9-7-5-4-6-8-9;1-8(2,3)5-4-6-10-7(9)11;2*1-5(2,3)4/h4-8H,1-3H3;4-6H2,1-3H3,(H3,9,10,11);2*1-4H3. The van der Waals surface area contributed by atoms with E-state index >= 15 is 0 Å². The average molecular weight is 437 g/mol.